The highest BCUT2D eigenvalue weighted by molar-refractivity contribution is 6.31. The average molecular weight is 688 g/mol. The Kier molecular flexibility index (Phi) is 9.45. The van der Waals surface area contributed by atoms with Crippen LogP contribution in [0.15, 0.2) is 78.9 Å². The van der Waals surface area contributed by atoms with Crippen LogP contribution in [0.4, 0.5) is 37.8 Å². The van der Waals surface area contributed by atoms with E-state index in [2.05, 4.69) is 52.8 Å². The van der Waals surface area contributed by atoms with E-state index in [-0.39, 0.29) is 17.4 Å². The van der Waals surface area contributed by atoms with Crippen LogP contribution in [0.3, 0.4) is 0 Å². The van der Waals surface area contributed by atoms with Crippen LogP contribution in [0.1, 0.15) is 49.4 Å². The summed E-state index contributed by atoms with van der Waals surface area (Å²) in [6, 6.07) is 21.9. The van der Waals surface area contributed by atoms with Gasteiger partial charge in [0.05, 0.1) is 17.7 Å². The minimum atomic E-state index is -4.98. The van der Waals surface area contributed by atoms with Gasteiger partial charge in [-0.15, -0.1) is 5.10 Å². The van der Waals surface area contributed by atoms with Crippen molar-refractivity contribution in [2.75, 3.05) is 24.7 Å². The van der Waals surface area contributed by atoms with Crippen LogP contribution in [0, 0.1) is 0 Å². The maximum Gasteiger partial charge on any atom is 0.416 e. The van der Waals surface area contributed by atoms with Crippen molar-refractivity contribution in [3.05, 3.63) is 129 Å². The van der Waals surface area contributed by atoms with Gasteiger partial charge in [-0.3, -0.25) is 0 Å². The molecule has 0 saturated carbocycles. The second-order valence-electron chi connectivity index (χ2n) is 11.3. The summed E-state index contributed by atoms with van der Waals surface area (Å²) in [5.74, 6) is -1.50. The number of alkyl halides is 6. The second-order valence-corrected chi connectivity index (χ2v) is 11.7. The van der Waals surface area contributed by atoms with E-state index in [0.29, 0.717) is 12.1 Å². The van der Waals surface area contributed by atoms with Crippen LogP contribution in [-0.2, 0) is 31.7 Å². The quantitative estimate of drug-likeness (QED) is 0.135. The number of nitrogens with zero attached hydrogens (tertiary/aromatic N) is 4. The molecule has 4 aromatic carbocycles. The van der Waals surface area contributed by atoms with Crippen LogP contribution in [0.2, 0.25) is 5.02 Å². The van der Waals surface area contributed by atoms with Gasteiger partial charge in [0.25, 0.3) is 0 Å². The third-order valence-corrected chi connectivity index (χ3v) is 8.14. The SMILES string of the molecule is CN(C)c1c(C(=O)O)nnn1Cc1cc(C(F)(F)F)cc(C(F)(F)F)c1.Nc1c(Cc2ccccc2Cl)ccc2c1Cc1ccccc1-2. The molecule has 6 rings (SSSR count). The highest BCUT2D eigenvalue weighted by Gasteiger charge is 2.37. The number of nitrogens with two attached hydrogens (primary N) is 1. The predicted molar refractivity (Wildman–Crippen MR) is 170 cm³/mol. The number of aromatic carboxylic acids is 1. The van der Waals surface area contributed by atoms with E-state index in [0.717, 1.165) is 39.4 Å². The highest BCUT2D eigenvalue weighted by Crippen LogP contribution is 2.41. The molecule has 0 atom stereocenters. The monoisotopic (exact) mass is 687 g/mol. The molecule has 0 spiro atoms. The maximum absolute atomic E-state index is 12.9. The van der Waals surface area contributed by atoms with E-state index in [1.54, 1.807) is 0 Å². The Labute approximate surface area is 276 Å². The molecule has 1 aromatic heterocycles. The van der Waals surface area contributed by atoms with E-state index < -0.39 is 41.7 Å². The van der Waals surface area contributed by atoms with Gasteiger partial charge < -0.3 is 15.7 Å². The van der Waals surface area contributed by atoms with E-state index in [1.807, 2.05) is 18.2 Å². The first kappa shape index (κ1) is 34.3. The molecule has 0 saturated heterocycles. The topological polar surface area (TPSA) is 97.3 Å². The van der Waals surface area contributed by atoms with Gasteiger partial charge in [-0.25, -0.2) is 9.48 Å². The molecule has 250 valence electrons. The Hall–Kier alpha value is -5.04. The van der Waals surface area contributed by atoms with E-state index in [9.17, 15) is 31.1 Å². The summed E-state index contributed by atoms with van der Waals surface area (Å²) in [5.41, 5.74) is 11.1. The predicted octanol–water partition coefficient (Wildman–Crippen LogP) is 8.21. The fourth-order valence-corrected chi connectivity index (χ4v) is 5.77. The van der Waals surface area contributed by atoms with Crippen molar-refractivity contribution in [3.8, 4) is 11.1 Å². The standard InChI is InChI=1S/C20H16ClN.C14H12F6N4O2/c21-19-8-4-2-6-14(19)11-15-9-10-17-16-7-3-1-5-13(16)12-18(17)20(15)22;1-23(2)11-10(12(25)26)21-22-24(11)6-7-3-8(13(15,16)17)5-9(4-7)14(18,19)20/h1-10H,11-12,22H2;3-5H,6H2,1-2H3,(H,25,26). The van der Waals surface area contributed by atoms with Crippen LogP contribution < -0.4 is 10.6 Å². The molecule has 7 nitrogen and oxygen atoms in total. The molecule has 1 heterocycles. The fraction of sp³-hybridized carbons (Fsp3) is 0.206. The van der Waals surface area contributed by atoms with Crippen LogP contribution in [0.5, 0.6) is 0 Å². The molecule has 14 heteroatoms. The summed E-state index contributed by atoms with van der Waals surface area (Å²) in [6.45, 7) is -0.527. The van der Waals surface area contributed by atoms with Crippen molar-refractivity contribution in [1.82, 2.24) is 15.0 Å². The van der Waals surface area contributed by atoms with Gasteiger partial charge in [0, 0.05) is 37.6 Å². The van der Waals surface area contributed by atoms with Gasteiger partial charge in [-0.2, -0.15) is 26.3 Å². The van der Waals surface area contributed by atoms with Crippen molar-refractivity contribution in [3.63, 3.8) is 0 Å². The summed E-state index contributed by atoms with van der Waals surface area (Å²) in [6.07, 6.45) is -8.26. The zero-order chi connectivity index (χ0) is 35.0. The number of anilines is 2. The second kappa shape index (κ2) is 13.2. The average Bonchev–Trinajstić information content (AvgIpc) is 3.61. The van der Waals surface area contributed by atoms with Crippen LogP contribution >= 0.6 is 11.6 Å². The summed E-state index contributed by atoms with van der Waals surface area (Å²) in [4.78, 5) is 12.4. The smallest absolute Gasteiger partial charge is 0.416 e. The number of carboxylic acid groups (broad SMARTS) is 1. The summed E-state index contributed by atoms with van der Waals surface area (Å²) >= 11 is 6.28. The lowest BCUT2D eigenvalue weighted by Gasteiger charge is -2.17. The highest BCUT2D eigenvalue weighted by atomic mass is 35.5. The van der Waals surface area contributed by atoms with Crippen LogP contribution in [-0.4, -0.2) is 40.2 Å². The number of aromatic nitrogens is 3. The molecule has 48 heavy (non-hydrogen) atoms. The molecule has 0 fully saturated rings. The number of carbonyl (C=O) groups is 1. The minimum absolute atomic E-state index is 0.0143. The number of fused-ring (bicyclic) bond motifs is 3. The first-order valence-corrected chi connectivity index (χ1v) is 14.8. The number of halogens is 7. The zero-order valence-electron chi connectivity index (χ0n) is 25.5. The molecule has 0 radical (unpaired) electrons. The van der Waals surface area contributed by atoms with Gasteiger partial charge in [-0.05, 0) is 63.2 Å². The maximum atomic E-state index is 12.9. The molecule has 0 amide bonds. The Morgan fingerprint density at radius 3 is 2.12 bits per heavy atom. The van der Waals surface area contributed by atoms with E-state index in [1.165, 1.54) is 41.2 Å². The van der Waals surface area contributed by atoms with Crippen molar-refractivity contribution >= 4 is 29.1 Å². The van der Waals surface area contributed by atoms with Crippen LogP contribution in [0.25, 0.3) is 11.1 Å². The third-order valence-electron chi connectivity index (χ3n) is 7.78. The molecular weight excluding hydrogens is 660 g/mol. The Balaban J connectivity index is 0.000000190. The lowest BCUT2D eigenvalue weighted by molar-refractivity contribution is -0.143. The molecule has 1 aliphatic carbocycles. The number of rotatable bonds is 6. The lowest BCUT2D eigenvalue weighted by atomic mass is 9.97. The van der Waals surface area contributed by atoms with Gasteiger partial charge >= 0.3 is 18.3 Å². The molecule has 3 N–H and O–H groups in total. The van der Waals surface area contributed by atoms with Gasteiger partial charge in [0.1, 0.15) is 0 Å². The molecular formula is C34H28ClF6N5O2. The number of hydrogen-bond donors (Lipinski definition) is 2. The lowest BCUT2D eigenvalue weighted by Crippen LogP contribution is -2.19. The summed E-state index contributed by atoms with van der Waals surface area (Å²) in [5, 5.41) is 16.8. The summed E-state index contributed by atoms with van der Waals surface area (Å²) < 4.78 is 78.3. The normalized spacial score (nSPS) is 12.2. The fourth-order valence-electron chi connectivity index (χ4n) is 5.56. The molecule has 1 aliphatic rings. The zero-order valence-corrected chi connectivity index (χ0v) is 26.3. The number of carboxylic acids is 1. The molecule has 5 aromatic rings. The third kappa shape index (κ3) is 7.25. The molecule has 0 unspecified atom stereocenters. The Bertz CT molecular complexity index is 1960. The van der Waals surface area contributed by atoms with E-state index in [4.69, 9.17) is 22.4 Å². The molecule has 0 aliphatic heterocycles. The van der Waals surface area contributed by atoms with Crippen molar-refractivity contribution in [2.45, 2.75) is 31.7 Å². The van der Waals surface area contributed by atoms with Gasteiger partial charge in [0.2, 0.25) is 5.69 Å². The Morgan fingerprint density at radius 2 is 1.52 bits per heavy atom. The Morgan fingerprint density at radius 1 is 0.896 bits per heavy atom. The number of benzene rings is 4. The molecule has 0 bridgehead atoms. The van der Waals surface area contributed by atoms with Crippen molar-refractivity contribution < 1.29 is 36.2 Å². The minimum Gasteiger partial charge on any atom is -0.476 e. The number of hydrogen-bond acceptors (Lipinski definition) is 5. The van der Waals surface area contributed by atoms with Gasteiger partial charge in [0.15, 0.2) is 5.82 Å². The van der Waals surface area contributed by atoms with E-state index >= 15 is 0 Å². The van der Waals surface area contributed by atoms with Gasteiger partial charge in [-0.1, -0.05) is 71.4 Å². The van der Waals surface area contributed by atoms with Crippen molar-refractivity contribution in [1.29, 1.82) is 0 Å². The first-order valence-electron chi connectivity index (χ1n) is 14.4. The summed E-state index contributed by atoms with van der Waals surface area (Å²) in [7, 11) is 2.88. The van der Waals surface area contributed by atoms with Crippen molar-refractivity contribution in [2.24, 2.45) is 0 Å². The first-order chi connectivity index (χ1) is 22.5. The number of nitrogen functional groups attached to an aromatic ring is 1. The largest absolute Gasteiger partial charge is 0.476 e.